The fraction of sp³-hybridized carbons (Fsp3) is 0.179. The Bertz CT molecular complexity index is 1560. The smallest absolute Gasteiger partial charge is 0.195 e. The van der Waals surface area contributed by atoms with Gasteiger partial charge in [-0.1, -0.05) is 50.4 Å². The van der Waals surface area contributed by atoms with Gasteiger partial charge in [0.15, 0.2) is 10.6 Å². The fourth-order valence-electron chi connectivity index (χ4n) is 4.54. The number of aromatic nitrogens is 4. The molecule has 0 N–H and O–H groups in total. The van der Waals surface area contributed by atoms with Crippen LogP contribution in [0.25, 0.3) is 28.3 Å². The van der Waals surface area contributed by atoms with Crippen molar-refractivity contribution in [3.05, 3.63) is 97.7 Å². The first-order valence-electron chi connectivity index (χ1n) is 12.0. The number of hydrogen-bond acceptors (Lipinski definition) is 4. The van der Waals surface area contributed by atoms with E-state index < -0.39 is 0 Å². The maximum atomic E-state index is 5.05. The van der Waals surface area contributed by atoms with Crippen LogP contribution < -0.4 is 4.80 Å². The van der Waals surface area contributed by atoms with Gasteiger partial charge in [-0.05, 0) is 79.1 Å². The molecule has 0 saturated carbocycles. The first-order valence-corrected chi connectivity index (χ1v) is 14.4. The number of rotatable bonds is 4. The molecule has 3 heterocycles. The standard InChI is InChI=1S/C28H23Br2N5S/c29-21-9-5-19(6-10-21)25-18-36-28(35(25)24-15-11-22(30)12-16-24)31-23-13-7-20(8-14-23)27-33-32-26-4-2-1-3-17-34(26)27/h5-16,18H,1-4,17H2. The van der Waals surface area contributed by atoms with Gasteiger partial charge < -0.3 is 4.57 Å². The zero-order chi connectivity index (χ0) is 24.5. The van der Waals surface area contributed by atoms with Crippen LogP contribution in [0.4, 0.5) is 5.69 Å². The second-order valence-corrected chi connectivity index (χ2v) is 11.5. The molecule has 0 amide bonds. The molecular formula is C28H23Br2N5S. The molecule has 5 nitrogen and oxygen atoms in total. The van der Waals surface area contributed by atoms with Gasteiger partial charge in [0, 0.05) is 38.5 Å². The fourth-order valence-corrected chi connectivity index (χ4v) is 6.00. The third kappa shape index (κ3) is 4.77. The van der Waals surface area contributed by atoms with E-state index >= 15 is 0 Å². The zero-order valence-corrected chi connectivity index (χ0v) is 23.4. The zero-order valence-electron chi connectivity index (χ0n) is 19.4. The molecule has 0 atom stereocenters. The van der Waals surface area contributed by atoms with Crippen LogP contribution >= 0.6 is 43.2 Å². The van der Waals surface area contributed by atoms with Crippen molar-refractivity contribution in [1.82, 2.24) is 19.3 Å². The third-order valence-corrected chi connectivity index (χ3v) is 8.28. The van der Waals surface area contributed by atoms with Gasteiger partial charge in [-0.3, -0.25) is 4.57 Å². The summed E-state index contributed by atoms with van der Waals surface area (Å²) < 4.78 is 6.61. The van der Waals surface area contributed by atoms with Crippen molar-refractivity contribution in [2.45, 2.75) is 32.2 Å². The van der Waals surface area contributed by atoms with Crippen molar-refractivity contribution >= 4 is 48.9 Å². The van der Waals surface area contributed by atoms with Crippen LogP contribution in [0.3, 0.4) is 0 Å². The van der Waals surface area contributed by atoms with E-state index in [-0.39, 0.29) is 0 Å². The summed E-state index contributed by atoms with van der Waals surface area (Å²) in [5.74, 6) is 2.06. The molecule has 5 aromatic rings. The average molecular weight is 621 g/mol. The molecule has 2 aromatic heterocycles. The normalized spacial score (nSPS) is 14.0. The molecule has 1 aliphatic heterocycles. The van der Waals surface area contributed by atoms with E-state index in [1.165, 1.54) is 19.3 Å². The molecule has 0 radical (unpaired) electrons. The summed E-state index contributed by atoms with van der Waals surface area (Å²) in [7, 11) is 0. The van der Waals surface area contributed by atoms with Crippen molar-refractivity contribution in [3.8, 4) is 28.3 Å². The number of fused-ring (bicyclic) bond motifs is 1. The lowest BCUT2D eigenvalue weighted by Crippen LogP contribution is -2.13. The van der Waals surface area contributed by atoms with Crippen LogP contribution in [0.2, 0.25) is 0 Å². The van der Waals surface area contributed by atoms with Crippen molar-refractivity contribution in [1.29, 1.82) is 0 Å². The Morgan fingerprint density at radius 3 is 2.19 bits per heavy atom. The second-order valence-electron chi connectivity index (χ2n) is 8.78. The van der Waals surface area contributed by atoms with Gasteiger partial charge in [0.1, 0.15) is 5.82 Å². The summed E-state index contributed by atoms with van der Waals surface area (Å²) in [5.41, 5.74) is 5.30. The maximum Gasteiger partial charge on any atom is 0.195 e. The van der Waals surface area contributed by atoms with Gasteiger partial charge in [-0.25, -0.2) is 4.99 Å². The SMILES string of the molecule is Brc1ccc(-c2csc(=Nc3ccc(-c4nnc5n4CCCCC5)cc3)n2-c2ccc(Br)cc2)cc1. The van der Waals surface area contributed by atoms with Crippen LogP contribution in [0.1, 0.15) is 25.1 Å². The molecule has 8 heteroatoms. The Hall–Kier alpha value is -2.81. The summed E-state index contributed by atoms with van der Waals surface area (Å²) >= 11 is 8.74. The quantitative estimate of drug-likeness (QED) is 0.205. The van der Waals surface area contributed by atoms with Crippen molar-refractivity contribution in [2.75, 3.05) is 0 Å². The monoisotopic (exact) mass is 619 g/mol. The highest BCUT2D eigenvalue weighted by molar-refractivity contribution is 9.10. The molecule has 3 aromatic carbocycles. The Balaban J connectivity index is 1.40. The van der Waals surface area contributed by atoms with Crippen molar-refractivity contribution < 1.29 is 0 Å². The third-order valence-electron chi connectivity index (χ3n) is 6.39. The van der Waals surface area contributed by atoms with Crippen LogP contribution in [0.5, 0.6) is 0 Å². The van der Waals surface area contributed by atoms with Crippen LogP contribution in [0.15, 0.2) is 92.1 Å². The highest BCUT2D eigenvalue weighted by Gasteiger charge is 2.16. The molecule has 0 bridgehead atoms. The highest BCUT2D eigenvalue weighted by Crippen LogP contribution is 2.28. The van der Waals surface area contributed by atoms with Crippen molar-refractivity contribution in [3.63, 3.8) is 0 Å². The number of benzene rings is 3. The Morgan fingerprint density at radius 2 is 1.44 bits per heavy atom. The van der Waals surface area contributed by atoms with Gasteiger partial charge >= 0.3 is 0 Å². The Kier molecular flexibility index (Phi) is 6.73. The molecule has 6 rings (SSSR count). The van der Waals surface area contributed by atoms with Gasteiger partial charge in [-0.2, -0.15) is 0 Å². The Morgan fingerprint density at radius 1 is 0.750 bits per heavy atom. The summed E-state index contributed by atoms with van der Waals surface area (Å²) in [6.07, 6.45) is 4.63. The predicted octanol–water partition coefficient (Wildman–Crippen LogP) is 7.95. The number of halogens is 2. The minimum absolute atomic E-state index is 0.907. The molecule has 0 unspecified atom stereocenters. The van der Waals surface area contributed by atoms with Crippen LogP contribution in [-0.4, -0.2) is 19.3 Å². The molecule has 36 heavy (non-hydrogen) atoms. The molecular weight excluding hydrogens is 598 g/mol. The van der Waals surface area contributed by atoms with E-state index in [0.717, 1.165) is 66.6 Å². The summed E-state index contributed by atoms with van der Waals surface area (Å²) in [5, 5.41) is 11.1. The first-order chi connectivity index (χ1) is 17.7. The van der Waals surface area contributed by atoms with E-state index in [1.54, 1.807) is 11.3 Å². The molecule has 0 saturated heterocycles. The van der Waals surface area contributed by atoms with Gasteiger partial charge in [0.05, 0.1) is 11.4 Å². The number of aryl methyl sites for hydroxylation is 1. The van der Waals surface area contributed by atoms with Gasteiger partial charge in [0.2, 0.25) is 0 Å². The minimum Gasteiger partial charge on any atom is -0.311 e. The first kappa shape index (κ1) is 23.6. The lowest BCUT2D eigenvalue weighted by Gasteiger charge is -2.10. The van der Waals surface area contributed by atoms with Crippen molar-refractivity contribution in [2.24, 2.45) is 4.99 Å². The van der Waals surface area contributed by atoms with Crippen LogP contribution in [-0.2, 0) is 13.0 Å². The molecule has 1 aliphatic rings. The van der Waals surface area contributed by atoms with Crippen LogP contribution in [0, 0.1) is 0 Å². The molecule has 0 aliphatic carbocycles. The van der Waals surface area contributed by atoms with E-state index in [4.69, 9.17) is 4.99 Å². The van der Waals surface area contributed by atoms with E-state index in [9.17, 15) is 0 Å². The van der Waals surface area contributed by atoms with Gasteiger partial charge in [-0.15, -0.1) is 21.5 Å². The molecule has 0 fully saturated rings. The molecule has 180 valence electrons. The highest BCUT2D eigenvalue weighted by atomic mass is 79.9. The van der Waals surface area contributed by atoms with E-state index in [1.807, 2.05) is 0 Å². The average Bonchev–Trinajstić information content (AvgIpc) is 3.42. The predicted molar refractivity (Wildman–Crippen MR) is 153 cm³/mol. The minimum atomic E-state index is 0.907. The lowest BCUT2D eigenvalue weighted by atomic mass is 10.1. The largest absolute Gasteiger partial charge is 0.311 e. The van der Waals surface area contributed by atoms with Gasteiger partial charge in [0.25, 0.3) is 0 Å². The second kappa shape index (κ2) is 10.3. The van der Waals surface area contributed by atoms with E-state index in [0.29, 0.717) is 0 Å². The summed E-state index contributed by atoms with van der Waals surface area (Å²) in [4.78, 5) is 5.96. The Labute approximate surface area is 230 Å². The summed E-state index contributed by atoms with van der Waals surface area (Å²) in [6.45, 7) is 0.991. The van der Waals surface area contributed by atoms with E-state index in [2.05, 4.69) is 129 Å². The summed E-state index contributed by atoms with van der Waals surface area (Å²) in [6, 6.07) is 25.1. The lowest BCUT2D eigenvalue weighted by molar-refractivity contribution is 0.636. The number of hydrogen-bond donors (Lipinski definition) is 0. The number of nitrogens with zero attached hydrogens (tertiary/aromatic N) is 5. The molecule has 0 spiro atoms. The topological polar surface area (TPSA) is 48.0 Å². The number of thiazole rings is 1. The maximum absolute atomic E-state index is 5.05.